The van der Waals surface area contributed by atoms with Gasteiger partial charge >= 0.3 is 0 Å². The smallest absolute Gasteiger partial charge is 0.255 e. The molecule has 1 atom stereocenters. The molecule has 0 aliphatic rings. The van der Waals surface area contributed by atoms with Crippen LogP contribution in [-0.4, -0.2) is 28.7 Å². The first-order valence-electron chi connectivity index (χ1n) is 5.61. The summed E-state index contributed by atoms with van der Waals surface area (Å²) in [7, 11) is 0. The van der Waals surface area contributed by atoms with Gasteiger partial charge in [-0.15, -0.1) is 0 Å². The van der Waals surface area contributed by atoms with Gasteiger partial charge in [0.2, 0.25) is 0 Å². The van der Waals surface area contributed by atoms with E-state index in [9.17, 15) is 9.90 Å². The first-order chi connectivity index (χ1) is 8.08. The third-order valence-electron chi connectivity index (χ3n) is 2.57. The lowest BCUT2D eigenvalue weighted by Crippen LogP contribution is -2.35. The molecule has 0 heterocycles. The number of carbonyl (C=O) groups is 1. The van der Waals surface area contributed by atoms with Crippen LogP contribution in [0.1, 0.15) is 30.1 Å². The first kappa shape index (κ1) is 13.3. The van der Waals surface area contributed by atoms with Crippen molar-refractivity contribution in [1.29, 1.82) is 0 Å². The minimum atomic E-state index is -0.359. The van der Waals surface area contributed by atoms with E-state index in [0.717, 1.165) is 12.5 Å². The van der Waals surface area contributed by atoms with Crippen molar-refractivity contribution >= 4 is 5.91 Å². The summed E-state index contributed by atoms with van der Waals surface area (Å²) in [6.45, 7) is 2.46. The maximum atomic E-state index is 11.8. The van der Waals surface area contributed by atoms with Gasteiger partial charge in [0, 0.05) is 12.1 Å². The molecule has 0 aromatic heterocycles. The van der Waals surface area contributed by atoms with Gasteiger partial charge in [-0.05, 0) is 31.5 Å². The molecule has 5 heteroatoms. The van der Waals surface area contributed by atoms with Crippen molar-refractivity contribution in [3.8, 4) is 11.5 Å². The van der Waals surface area contributed by atoms with Gasteiger partial charge in [0.15, 0.2) is 0 Å². The lowest BCUT2D eigenvalue weighted by molar-refractivity contribution is 0.0932. The first-order valence-corrected chi connectivity index (χ1v) is 5.61. The van der Waals surface area contributed by atoms with Crippen LogP contribution in [0, 0.1) is 0 Å². The normalized spacial score (nSPS) is 12.1. The van der Waals surface area contributed by atoms with Crippen molar-refractivity contribution in [2.45, 2.75) is 25.8 Å². The number of rotatable bonds is 5. The second kappa shape index (κ2) is 6.10. The topological polar surface area (TPSA) is 95.6 Å². The van der Waals surface area contributed by atoms with Crippen molar-refractivity contribution in [1.82, 2.24) is 5.32 Å². The molecule has 0 aliphatic carbocycles. The Balaban J connectivity index is 2.75. The van der Waals surface area contributed by atoms with Gasteiger partial charge in [-0.2, -0.15) is 0 Å². The monoisotopic (exact) mass is 238 g/mol. The van der Waals surface area contributed by atoms with E-state index in [1.807, 2.05) is 6.92 Å². The summed E-state index contributed by atoms with van der Waals surface area (Å²) in [5.41, 5.74) is 5.59. The molecule has 5 N–H and O–H groups in total. The number of nitrogens with two attached hydrogens (primary N) is 1. The fraction of sp³-hybridized carbons (Fsp3) is 0.417. The van der Waals surface area contributed by atoms with Gasteiger partial charge < -0.3 is 21.3 Å². The lowest BCUT2D eigenvalue weighted by Gasteiger charge is -2.16. The average Bonchev–Trinajstić information content (AvgIpc) is 2.28. The molecule has 94 valence electrons. The maximum Gasteiger partial charge on any atom is 0.255 e. The van der Waals surface area contributed by atoms with Gasteiger partial charge in [-0.25, -0.2) is 0 Å². The molecule has 0 aliphatic heterocycles. The molecule has 0 radical (unpaired) electrons. The third-order valence-corrected chi connectivity index (χ3v) is 2.57. The Morgan fingerprint density at radius 2 is 2.18 bits per heavy atom. The Kier molecular flexibility index (Phi) is 4.78. The fourth-order valence-electron chi connectivity index (χ4n) is 1.55. The molecular formula is C12H18N2O3. The molecular weight excluding hydrogens is 220 g/mol. The number of aromatic hydroxyl groups is 2. The van der Waals surface area contributed by atoms with Crippen molar-refractivity contribution in [2.24, 2.45) is 5.73 Å². The highest BCUT2D eigenvalue weighted by Gasteiger charge is 2.15. The predicted molar refractivity (Wildman–Crippen MR) is 65.0 cm³/mol. The zero-order chi connectivity index (χ0) is 12.8. The molecule has 0 saturated carbocycles. The van der Waals surface area contributed by atoms with Crippen molar-refractivity contribution < 1.29 is 15.0 Å². The van der Waals surface area contributed by atoms with Crippen LogP contribution in [0.2, 0.25) is 0 Å². The van der Waals surface area contributed by atoms with Crippen LogP contribution >= 0.6 is 0 Å². The third kappa shape index (κ3) is 3.64. The fourth-order valence-corrected chi connectivity index (χ4v) is 1.55. The number of phenols is 2. The minimum absolute atomic E-state index is 0.000651. The zero-order valence-corrected chi connectivity index (χ0v) is 9.81. The SMILES string of the molecule is CCC(CCN)NC(=O)c1ccc(O)cc1O. The van der Waals surface area contributed by atoms with Crippen LogP contribution in [0.25, 0.3) is 0 Å². The summed E-state index contributed by atoms with van der Waals surface area (Å²) in [6.07, 6.45) is 1.48. The number of amides is 1. The van der Waals surface area contributed by atoms with E-state index in [0.29, 0.717) is 13.0 Å². The highest BCUT2D eigenvalue weighted by atomic mass is 16.3. The molecule has 17 heavy (non-hydrogen) atoms. The second-order valence-corrected chi connectivity index (χ2v) is 3.86. The molecule has 0 spiro atoms. The zero-order valence-electron chi connectivity index (χ0n) is 9.81. The molecule has 1 unspecified atom stereocenters. The molecule has 0 saturated heterocycles. The Hall–Kier alpha value is -1.75. The number of nitrogens with one attached hydrogen (secondary N) is 1. The Labute approximate surface area is 100 Å². The molecule has 1 aromatic carbocycles. The van der Waals surface area contributed by atoms with E-state index in [-0.39, 0.29) is 29.0 Å². The van der Waals surface area contributed by atoms with Crippen LogP contribution in [0.4, 0.5) is 0 Å². The molecule has 1 aromatic rings. The summed E-state index contributed by atoms with van der Waals surface area (Å²) in [6, 6.07) is 3.88. The van der Waals surface area contributed by atoms with Crippen LogP contribution in [-0.2, 0) is 0 Å². The highest BCUT2D eigenvalue weighted by Crippen LogP contribution is 2.22. The summed E-state index contributed by atoms with van der Waals surface area (Å²) in [4.78, 5) is 11.8. The number of hydrogen-bond acceptors (Lipinski definition) is 4. The number of phenolic OH excluding ortho intramolecular Hbond substituents is 2. The van der Waals surface area contributed by atoms with E-state index in [1.165, 1.54) is 12.1 Å². The van der Waals surface area contributed by atoms with Crippen molar-refractivity contribution in [3.05, 3.63) is 23.8 Å². The van der Waals surface area contributed by atoms with Gasteiger partial charge in [-0.1, -0.05) is 6.92 Å². The Bertz CT molecular complexity index is 393. The van der Waals surface area contributed by atoms with Crippen LogP contribution in [0.15, 0.2) is 18.2 Å². The minimum Gasteiger partial charge on any atom is -0.508 e. The lowest BCUT2D eigenvalue weighted by atomic mass is 10.1. The summed E-state index contributed by atoms with van der Waals surface area (Å²) >= 11 is 0. The largest absolute Gasteiger partial charge is 0.508 e. The number of benzene rings is 1. The Morgan fingerprint density at radius 1 is 1.47 bits per heavy atom. The summed E-state index contributed by atoms with van der Waals surface area (Å²) in [5.74, 6) is -0.666. The molecule has 1 amide bonds. The van der Waals surface area contributed by atoms with Gasteiger partial charge in [0.05, 0.1) is 5.56 Å². The van der Waals surface area contributed by atoms with E-state index in [2.05, 4.69) is 5.32 Å². The van der Waals surface area contributed by atoms with Gasteiger partial charge in [0.25, 0.3) is 5.91 Å². The van der Waals surface area contributed by atoms with Gasteiger partial charge in [-0.3, -0.25) is 4.79 Å². The van der Waals surface area contributed by atoms with Crippen LogP contribution in [0.5, 0.6) is 11.5 Å². The van der Waals surface area contributed by atoms with Crippen LogP contribution in [0.3, 0.4) is 0 Å². The molecule has 5 nitrogen and oxygen atoms in total. The van der Waals surface area contributed by atoms with E-state index >= 15 is 0 Å². The van der Waals surface area contributed by atoms with E-state index in [4.69, 9.17) is 10.8 Å². The summed E-state index contributed by atoms with van der Waals surface area (Å²) in [5, 5.41) is 21.4. The van der Waals surface area contributed by atoms with Crippen molar-refractivity contribution in [3.63, 3.8) is 0 Å². The van der Waals surface area contributed by atoms with Crippen molar-refractivity contribution in [2.75, 3.05) is 6.54 Å². The van der Waals surface area contributed by atoms with E-state index < -0.39 is 0 Å². The Morgan fingerprint density at radius 3 is 2.71 bits per heavy atom. The van der Waals surface area contributed by atoms with E-state index in [1.54, 1.807) is 0 Å². The predicted octanol–water partition coefficient (Wildman–Crippen LogP) is 0.955. The number of carbonyl (C=O) groups excluding carboxylic acids is 1. The molecule has 0 fully saturated rings. The van der Waals surface area contributed by atoms with Gasteiger partial charge in [0.1, 0.15) is 11.5 Å². The molecule has 0 bridgehead atoms. The highest BCUT2D eigenvalue weighted by molar-refractivity contribution is 5.97. The molecule has 1 rings (SSSR count). The average molecular weight is 238 g/mol. The number of hydrogen-bond donors (Lipinski definition) is 4. The summed E-state index contributed by atoms with van der Waals surface area (Å²) < 4.78 is 0. The second-order valence-electron chi connectivity index (χ2n) is 3.86. The standard InChI is InChI=1S/C12H18N2O3/c1-2-8(5-6-13)14-12(17)10-4-3-9(15)7-11(10)16/h3-4,7-8,15-16H,2,5-6,13H2,1H3,(H,14,17). The quantitative estimate of drug-likeness (QED) is 0.614. The van der Waals surface area contributed by atoms with Crippen LogP contribution < -0.4 is 11.1 Å². The maximum absolute atomic E-state index is 11.8.